The van der Waals surface area contributed by atoms with E-state index in [0.717, 1.165) is 24.2 Å². The first-order valence-electron chi connectivity index (χ1n) is 8.79. The molecule has 1 atom stereocenters. The molecule has 0 N–H and O–H groups in total. The zero-order chi connectivity index (χ0) is 17.9. The Kier molecular flexibility index (Phi) is 4.54. The SMILES string of the molecule is CN1CCN(C(=O)c2cc(-c3ccccc3)on2)C(c2ccccc2)C1. The van der Waals surface area contributed by atoms with Crippen LogP contribution in [0, 0.1) is 0 Å². The van der Waals surface area contributed by atoms with Crippen LogP contribution in [0.25, 0.3) is 11.3 Å². The van der Waals surface area contributed by atoms with E-state index in [1.54, 1.807) is 6.07 Å². The molecule has 0 spiro atoms. The Morgan fingerprint density at radius 1 is 1.04 bits per heavy atom. The van der Waals surface area contributed by atoms with Crippen molar-refractivity contribution in [3.63, 3.8) is 0 Å². The summed E-state index contributed by atoms with van der Waals surface area (Å²) in [5, 5.41) is 4.04. The van der Waals surface area contributed by atoms with Crippen LogP contribution in [0.2, 0.25) is 0 Å². The van der Waals surface area contributed by atoms with Gasteiger partial charge >= 0.3 is 0 Å². The van der Waals surface area contributed by atoms with Gasteiger partial charge in [0.25, 0.3) is 5.91 Å². The molecule has 2 heterocycles. The Hall–Kier alpha value is -2.92. The number of aromatic nitrogens is 1. The van der Waals surface area contributed by atoms with Crippen LogP contribution in [-0.4, -0.2) is 47.5 Å². The number of piperazine rings is 1. The number of rotatable bonds is 3. The van der Waals surface area contributed by atoms with Crippen molar-refractivity contribution in [2.75, 3.05) is 26.7 Å². The van der Waals surface area contributed by atoms with Gasteiger partial charge in [0.15, 0.2) is 11.5 Å². The molecular weight excluding hydrogens is 326 g/mol. The second-order valence-electron chi connectivity index (χ2n) is 6.63. The Labute approximate surface area is 152 Å². The fourth-order valence-corrected chi connectivity index (χ4v) is 3.38. The summed E-state index contributed by atoms with van der Waals surface area (Å²) in [4.78, 5) is 17.3. The quantitative estimate of drug-likeness (QED) is 0.728. The molecule has 132 valence electrons. The third-order valence-corrected chi connectivity index (χ3v) is 4.82. The molecule has 1 amide bonds. The molecule has 4 rings (SSSR count). The number of hydrogen-bond acceptors (Lipinski definition) is 4. The Morgan fingerprint density at radius 3 is 2.46 bits per heavy atom. The Morgan fingerprint density at radius 2 is 1.73 bits per heavy atom. The molecule has 1 aromatic heterocycles. The number of carbonyl (C=O) groups excluding carboxylic acids is 1. The Bertz CT molecular complexity index is 877. The van der Waals surface area contributed by atoms with Gasteiger partial charge in [-0.25, -0.2) is 0 Å². The number of benzene rings is 2. The summed E-state index contributed by atoms with van der Waals surface area (Å²) in [5.41, 5.74) is 2.41. The molecule has 0 saturated carbocycles. The van der Waals surface area contributed by atoms with Gasteiger partial charge < -0.3 is 14.3 Å². The van der Waals surface area contributed by atoms with E-state index in [2.05, 4.69) is 29.2 Å². The highest BCUT2D eigenvalue weighted by Crippen LogP contribution is 2.27. The normalized spacial score (nSPS) is 18.0. The fraction of sp³-hybridized carbons (Fsp3) is 0.238. The maximum absolute atomic E-state index is 13.1. The predicted molar refractivity (Wildman–Crippen MR) is 99.7 cm³/mol. The second kappa shape index (κ2) is 7.14. The number of carbonyl (C=O) groups is 1. The summed E-state index contributed by atoms with van der Waals surface area (Å²) < 4.78 is 5.42. The predicted octanol–water partition coefficient (Wildman–Crippen LogP) is 3.47. The third-order valence-electron chi connectivity index (χ3n) is 4.82. The van der Waals surface area contributed by atoms with E-state index < -0.39 is 0 Å². The van der Waals surface area contributed by atoms with Crippen LogP contribution < -0.4 is 0 Å². The summed E-state index contributed by atoms with van der Waals surface area (Å²) in [7, 11) is 2.08. The van der Waals surface area contributed by atoms with Crippen LogP contribution >= 0.6 is 0 Å². The van der Waals surface area contributed by atoms with Gasteiger partial charge in [0, 0.05) is 31.3 Å². The van der Waals surface area contributed by atoms with Gasteiger partial charge in [0.05, 0.1) is 6.04 Å². The number of hydrogen-bond donors (Lipinski definition) is 0. The summed E-state index contributed by atoms with van der Waals surface area (Å²) in [6.07, 6.45) is 0. The van der Waals surface area contributed by atoms with Crippen molar-refractivity contribution in [2.24, 2.45) is 0 Å². The largest absolute Gasteiger partial charge is 0.355 e. The topological polar surface area (TPSA) is 49.6 Å². The van der Waals surface area contributed by atoms with E-state index in [9.17, 15) is 4.79 Å². The van der Waals surface area contributed by atoms with Gasteiger partial charge in [0.2, 0.25) is 0 Å². The smallest absolute Gasteiger partial charge is 0.276 e. The molecule has 0 radical (unpaired) electrons. The molecule has 3 aromatic rings. The average Bonchev–Trinajstić information content (AvgIpc) is 3.19. The van der Waals surface area contributed by atoms with Crippen molar-refractivity contribution >= 4 is 5.91 Å². The van der Waals surface area contributed by atoms with Crippen molar-refractivity contribution < 1.29 is 9.32 Å². The van der Waals surface area contributed by atoms with E-state index in [1.165, 1.54) is 0 Å². The van der Waals surface area contributed by atoms with Gasteiger partial charge in [-0.1, -0.05) is 65.8 Å². The summed E-state index contributed by atoms with van der Waals surface area (Å²) in [5.74, 6) is 0.525. The maximum atomic E-state index is 13.1. The monoisotopic (exact) mass is 347 g/mol. The van der Waals surface area contributed by atoms with Crippen molar-refractivity contribution in [3.8, 4) is 11.3 Å². The lowest BCUT2D eigenvalue weighted by Crippen LogP contribution is -2.49. The molecule has 1 fully saturated rings. The highest BCUT2D eigenvalue weighted by atomic mass is 16.5. The van der Waals surface area contributed by atoms with E-state index in [4.69, 9.17) is 4.52 Å². The third kappa shape index (κ3) is 3.26. The molecule has 1 aliphatic rings. The molecule has 1 aliphatic heterocycles. The number of amides is 1. The van der Waals surface area contributed by atoms with Crippen LogP contribution in [0.15, 0.2) is 71.3 Å². The molecule has 5 nitrogen and oxygen atoms in total. The maximum Gasteiger partial charge on any atom is 0.276 e. The van der Waals surface area contributed by atoms with E-state index in [1.807, 2.05) is 53.4 Å². The minimum absolute atomic E-state index is 0.0133. The first-order chi connectivity index (χ1) is 12.7. The molecular formula is C21H21N3O2. The van der Waals surface area contributed by atoms with Crippen LogP contribution in [0.4, 0.5) is 0 Å². The number of nitrogens with zero attached hydrogens (tertiary/aromatic N) is 3. The molecule has 0 aliphatic carbocycles. The van der Waals surface area contributed by atoms with Gasteiger partial charge in [-0.15, -0.1) is 0 Å². The Balaban J connectivity index is 1.61. The average molecular weight is 347 g/mol. The lowest BCUT2D eigenvalue weighted by molar-refractivity contribution is 0.0488. The zero-order valence-corrected chi connectivity index (χ0v) is 14.7. The van der Waals surface area contributed by atoms with E-state index >= 15 is 0 Å². The summed E-state index contributed by atoms with van der Waals surface area (Å²) in [6, 6.07) is 21.6. The van der Waals surface area contributed by atoms with Crippen LogP contribution in [0.3, 0.4) is 0 Å². The fourth-order valence-electron chi connectivity index (χ4n) is 3.38. The molecule has 1 saturated heterocycles. The first-order valence-corrected chi connectivity index (χ1v) is 8.79. The first kappa shape index (κ1) is 16.5. The van der Waals surface area contributed by atoms with Crippen molar-refractivity contribution in [3.05, 3.63) is 78.0 Å². The minimum Gasteiger partial charge on any atom is -0.355 e. The molecule has 2 aromatic carbocycles. The lowest BCUT2D eigenvalue weighted by Gasteiger charge is -2.40. The molecule has 0 bridgehead atoms. The minimum atomic E-state index is -0.0853. The highest BCUT2D eigenvalue weighted by molar-refractivity contribution is 5.93. The number of likely N-dealkylation sites (N-methyl/N-ethyl adjacent to an activating group) is 1. The molecule has 5 heteroatoms. The van der Waals surface area contributed by atoms with Gasteiger partial charge in [-0.05, 0) is 12.6 Å². The van der Waals surface area contributed by atoms with Crippen LogP contribution in [0.1, 0.15) is 22.1 Å². The lowest BCUT2D eigenvalue weighted by atomic mass is 10.0. The van der Waals surface area contributed by atoms with Gasteiger partial charge in [0.1, 0.15) is 0 Å². The van der Waals surface area contributed by atoms with Crippen LogP contribution in [0.5, 0.6) is 0 Å². The second-order valence-corrected chi connectivity index (χ2v) is 6.63. The van der Waals surface area contributed by atoms with Crippen molar-refractivity contribution in [1.29, 1.82) is 0 Å². The molecule has 1 unspecified atom stereocenters. The molecule has 26 heavy (non-hydrogen) atoms. The zero-order valence-electron chi connectivity index (χ0n) is 14.7. The van der Waals surface area contributed by atoms with Crippen molar-refractivity contribution in [1.82, 2.24) is 15.0 Å². The summed E-state index contributed by atoms with van der Waals surface area (Å²) in [6.45, 7) is 2.32. The van der Waals surface area contributed by atoms with Gasteiger partial charge in [-0.3, -0.25) is 4.79 Å². The van der Waals surface area contributed by atoms with Crippen LogP contribution in [-0.2, 0) is 0 Å². The standard InChI is InChI=1S/C21H21N3O2/c1-23-12-13-24(19(15-23)16-8-4-2-5-9-16)21(25)18-14-20(26-22-18)17-10-6-3-7-11-17/h2-11,14,19H,12-13,15H2,1H3. The summed E-state index contributed by atoms with van der Waals surface area (Å²) >= 11 is 0. The van der Waals surface area contributed by atoms with Gasteiger partial charge in [-0.2, -0.15) is 0 Å². The van der Waals surface area contributed by atoms with E-state index in [-0.39, 0.29) is 11.9 Å². The van der Waals surface area contributed by atoms with Crippen molar-refractivity contribution in [2.45, 2.75) is 6.04 Å². The highest BCUT2D eigenvalue weighted by Gasteiger charge is 2.32. The van der Waals surface area contributed by atoms with E-state index in [0.29, 0.717) is 18.0 Å².